The highest BCUT2D eigenvalue weighted by Gasteiger charge is 2.46. The third-order valence-electron chi connectivity index (χ3n) is 5.37. The number of rotatable bonds is 2. The van der Waals surface area contributed by atoms with Gasteiger partial charge in [-0.1, -0.05) is 0 Å². The zero-order valence-electron chi connectivity index (χ0n) is 14.2. The van der Waals surface area contributed by atoms with Crippen LogP contribution in [0, 0.1) is 6.92 Å². The van der Waals surface area contributed by atoms with Crippen LogP contribution in [-0.4, -0.2) is 40.3 Å². The molecule has 2 saturated heterocycles. The second kappa shape index (κ2) is 6.02. The van der Waals surface area contributed by atoms with Gasteiger partial charge in [0.05, 0.1) is 5.92 Å². The van der Waals surface area contributed by atoms with Gasteiger partial charge in [-0.2, -0.15) is 0 Å². The topological polar surface area (TPSA) is 75.4 Å². The van der Waals surface area contributed by atoms with Crippen molar-refractivity contribution in [1.82, 2.24) is 15.2 Å². The van der Waals surface area contributed by atoms with Crippen LogP contribution in [0.5, 0.6) is 0 Å². The van der Waals surface area contributed by atoms with Gasteiger partial charge >= 0.3 is 0 Å². The number of nitrogens with zero attached hydrogens (tertiary/aromatic N) is 2. The van der Waals surface area contributed by atoms with E-state index >= 15 is 0 Å². The summed E-state index contributed by atoms with van der Waals surface area (Å²) in [6, 6.07) is 7.33. The molecule has 4 rings (SSSR count). The van der Waals surface area contributed by atoms with Crippen LogP contribution >= 0.6 is 0 Å². The Morgan fingerprint density at radius 2 is 1.96 bits per heavy atom. The van der Waals surface area contributed by atoms with Crippen LogP contribution in [0.2, 0.25) is 0 Å². The highest BCUT2D eigenvalue weighted by atomic mass is 16.3. The molecule has 2 fully saturated rings. The maximum Gasteiger partial charge on any atom is 0.289 e. The molecule has 2 aromatic heterocycles. The SMILES string of the molecule is Cc1ccc(C(=O)N2CCC3(CC2)C[C@@H](c2ccncc2)C(=O)N3)o1. The minimum atomic E-state index is -0.207. The second-order valence-corrected chi connectivity index (χ2v) is 7.01. The number of likely N-dealkylation sites (tertiary alicyclic amines) is 1. The molecule has 130 valence electrons. The number of aryl methyl sites for hydroxylation is 1. The molecule has 2 amide bonds. The predicted molar refractivity (Wildman–Crippen MR) is 91.1 cm³/mol. The van der Waals surface area contributed by atoms with E-state index in [0.717, 1.165) is 30.6 Å². The molecule has 4 heterocycles. The average Bonchev–Trinajstić information content (AvgIpc) is 3.20. The van der Waals surface area contributed by atoms with Crippen LogP contribution in [0.3, 0.4) is 0 Å². The van der Waals surface area contributed by atoms with Crippen LogP contribution in [0.4, 0.5) is 0 Å². The molecule has 0 radical (unpaired) electrons. The van der Waals surface area contributed by atoms with Gasteiger partial charge in [-0.3, -0.25) is 14.6 Å². The molecule has 6 heteroatoms. The van der Waals surface area contributed by atoms with E-state index in [-0.39, 0.29) is 23.3 Å². The Balaban J connectivity index is 1.43. The van der Waals surface area contributed by atoms with Crippen LogP contribution in [0.25, 0.3) is 0 Å². The Labute approximate surface area is 146 Å². The number of aromatic nitrogens is 1. The van der Waals surface area contributed by atoms with Crippen molar-refractivity contribution in [2.45, 2.75) is 37.6 Å². The number of carbonyl (C=O) groups excluding carboxylic acids is 2. The van der Waals surface area contributed by atoms with Crippen molar-refractivity contribution in [3.8, 4) is 0 Å². The zero-order chi connectivity index (χ0) is 17.4. The first-order valence-electron chi connectivity index (χ1n) is 8.64. The van der Waals surface area contributed by atoms with Crippen molar-refractivity contribution in [3.63, 3.8) is 0 Å². The van der Waals surface area contributed by atoms with Crippen molar-refractivity contribution in [2.24, 2.45) is 0 Å². The van der Waals surface area contributed by atoms with E-state index in [4.69, 9.17) is 4.42 Å². The minimum Gasteiger partial charge on any atom is -0.456 e. The van der Waals surface area contributed by atoms with Gasteiger partial charge in [-0.15, -0.1) is 0 Å². The van der Waals surface area contributed by atoms with Gasteiger partial charge in [0.15, 0.2) is 5.76 Å². The van der Waals surface area contributed by atoms with Gasteiger partial charge in [0.2, 0.25) is 5.91 Å². The smallest absolute Gasteiger partial charge is 0.289 e. The number of piperidine rings is 1. The number of hydrogen-bond acceptors (Lipinski definition) is 4. The van der Waals surface area contributed by atoms with Crippen LogP contribution in [0.15, 0.2) is 41.1 Å². The highest BCUT2D eigenvalue weighted by molar-refractivity contribution is 5.92. The largest absolute Gasteiger partial charge is 0.456 e. The Hall–Kier alpha value is -2.63. The van der Waals surface area contributed by atoms with E-state index in [1.807, 2.05) is 24.0 Å². The van der Waals surface area contributed by atoms with E-state index in [2.05, 4.69) is 10.3 Å². The summed E-state index contributed by atoms with van der Waals surface area (Å²) in [6.45, 7) is 3.08. The van der Waals surface area contributed by atoms with Gasteiger partial charge < -0.3 is 14.6 Å². The standard InChI is InChI=1S/C19H21N3O3/c1-13-2-3-16(25-13)18(24)22-10-6-19(7-11-22)12-15(17(23)21-19)14-4-8-20-9-5-14/h2-5,8-9,15H,6-7,10-12H2,1H3,(H,21,23)/t15-/m0/s1. The summed E-state index contributed by atoms with van der Waals surface area (Å²) >= 11 is 0. The number of carbonyl (C=O) groups is 2. The Morgan fingerprint density at radius 1 is 1.24 bits per heavy atom. The molecule has 0 bridgehead atoms. The molecule has 0 unspecified atom stereocenters. The van der Waals surface area contributed by atoms with Crippen LogP contribution < -0.4 is 5.32 Å². The van der Waals surface area contributed by atoms with Gasteiger partial charge in [0.25, 0.3) is 5.91 Å². The van der Waals surface area contributed by atoms with Crippen molar-refractivity contribution < 1.29 is 14.0 Å². The fourth-order valence-electron chi connectivity index (χ4n) is 3.92. The van der Waals surface area contributed by atoms with E-state index in [1.165, 1.54) is 0 Å². The first-order valence-corrected chi connectivity index (χ1v) is 8.64. The monoisotopic (exact) mass is 339 g/mol. The lowest BCUT2D eigenvalue weighted by Crippen LogP contribution is -2.52. The molecule has 1 atom stereocenters. The molecule has 1 N–H and O–H groups in total. The van der Waals surface area contributed by atoms with Crippen LogP contribution in [0.1, 0.15) is 47.1 Å². The third-order valence-corrected chi connectivity index (χ3v) is 5.37. The summed E-state index contributed by atoms with van der Waals surface area (Å²) in [7, 11) is 0. The number of furan rings is 1. The van der Waals surface area contributed by atoms with Gasteiger partial charge in [-0.05, 0) is 56.0 Å². The molecule has 1 spiro atoms. The summed E-state index contributed by atoms with van der Waals surface area (Å²) < 4.78 is 5.44. The molecule has 2 aliphatic rings. The van der Waals surface area contributed by atoms with Gasteiger partial charge in [0, 0.05) is 31.0 Å². The Kier molecular flexibility index (Phi) is 3.82. The number of pyridine rings is 1. The van der Waals surface area contributed by atoms with E-state index < -0.39 is 0 Å². The summed E-state index contributed by atoms with van der Waals surface area (Å²) in [4.78, 5) is 30.8. The van der Waals surface area contributed by atoms with Crippen LogP contribution in [-0.2, 0) is 4.79 Å². The van der Waals surface area contributed by atoms with Gasteiger partial charge in [0.1, 0.15) is 5.76 Å². The van der Waals surface area contributed by atoms with E-state index in [0.29, 0.717) is 18.8 Å². The predicted octanol–water partition coefficient (Wildman–Crippen LogP) is 2.26. The summed E-state index contributed by atoms with van der Waals surface area (Å²) in [5, 5.41) is 3.20. The average molecular weight is 339 g/mol. The highest BCUT2D eigenvalue weighted by Crippen LogP contribution is 2.39. The van der Waals surface area contributed by atoms with Crippen molar-refractivity contribution in [2.75, 3.05) is 13.1 Å². The fraction of sp³-hybridized carbons (Fsp3) is 0.421. The molecule has 0 aromatic carbocycles. The zero-order valence-corrected chi connectivity index (χ0v) is 14.2. The molecule has 25 heavy (non-hydrogen) atoms. The quantitative estimate of drug-likeness (QED) is 0.911. The first-order chi connectivity index (χ1) is 12.1. The lowest BCUT2D eigenvalue weighted by atomic mass is 9.82. The molecule has 2 aromatic rings. The number of nitrogens with one attached hydrogen (secondary N) is 1. The number of amides is 2. The normalized spacial score (nSPS) is 22.2. The van der Waals surface area contributed by atoms with E-state index in [9.17, 15) is 9.59 Å². The lowest BCUT2D eigenvalue weighted by Gasteiger charge is -2.39. The molecule has 2 aliphatic heterocycles. The lowest BCUT2D eigenvalue weighted by molar-refractivity contribution is -0.121. The van der Waals surface area contributed by atoms with Crippen molar-refractivity contribution in [1.29, 1.82) is 0 Å². The Bertz CT molecular complexity index is 791. The Morgan fingerprint density at radius 3 is 2.60 bits per heavy atom. The minimum absolute atomic E-state index is 0.0713. The maximum absolute atomic E-state index is 12.5. The van der Waals surface area contributed by atoms with Crippen molar-refractivity contribution >= 4 is 11.8 Å². The van der Waals surface area contributed by atoms with Gasteiger partial charge in [-0.25, -0.2) is 0 Å². The molecule has 0 aliphatic carbocycles. The molecular weight excluding hydrogens is 318 g/mol. The molecule has 0 saturated carbocycles. The number of hydrogen-bond donors (Lipinski definition) is 1. The third kappa shape index (κ3) is 2.92. The maximum atomic E-state index is 12.5. The molecule has 6 nitrogen and oxygen atoms in total. The second-order valence-electron chi connectivity index (χ2n) is 7.01. The summed E-state index contributed by atoms with van der Waals surface area (Å²) in [5.41, 5.74) is 0.801. The first kappa shape index (κ1) is 15.9. The summed E-state index contributed by atoms with van der Waals surface area (Å²) in [5.74, 6) is 1.00. The van der Waals surface area contributed by atoms with Crippen molar-refractivity contribution in [3.05, 3.63) is 53.7 Å². The fourth-order valence-corrected chi connectivity index (χ4v) is 3.92. The molecular formula is C19H21N3O3. The summed E-state index contributed by atoms with van der Waals surface area (Å²) in [6.07, 6.45) is 5.76. The van der Waals surface area contributed by atoms with E-state index in [1.54, 1.807) is 24.5 Å².